The lowest BCUT2D eigenvalue weighted by Crippen LogP contribution is -2.53. The van der Waals surface area contributed by atoms with Crippen molar-refractivity contribution < 1.29 is 18.0 Å². The van der Waals surface area contributed by atoms with E-state index in [2.05, 4.69) is 5.32 Å². The van der Waals surface area contributed by atoms with Crippen LogP contribution in [0.25, 0.3) is 0 Å². The molecule has 0 saturated carbocycles. The maximum atomic E-state index is 14.1. The maximum Gasteiger partial charge on any atom is 0.264 e. The molecule has 1 N–H and O–H groups in total. The van der Waals surface area contributed by atoms with Crippen molar-refractivity contribution in [1.29, 1.82) is 0 Å². The van der Waals surface area contributed by atoms with Crippen LogP contribution in [0.1, 0.15) is 38.3 Å². The zero-order valence-electron chi connectivity index (χ0n) is 22.7. The molecule has 7 nitrogen and oxygen atoms in total. The Kier molecular flexibility index (Phi) is 10.9. The highest BCUT2D eigenvalue weighted by molar-refractivity contribution is 7.92. The number of para-hydroxylation sites is 1. The van der Waals surface area contributed by atoms with Crippen molar-refractivity contribution >= 4 is 62.3 Å². The molecule has 0 radical (unpaired) electrons. The molecule has 214 valence electrons. The second-order valence-corrected chi connectivity index (χ2v) is 12.7. The van der Waals surface area contributed by atoms with Gasteiger partial charge in [-0.15, -0.1) is 0 Å². The Hall–Kier alpha value is -2.78. The lowest BCUT2D eigenvalue weighted by atomic mass is 10.1. The van der Waals surface area contributed by atoms with Crippen LogP contribution in [-0.2, 0) is 26.2 Å². The summed E-state index contributed by atoms with van der Waals surface area (Å²) in [5, 5.41) is 3.91. The smallest absolute Gasteiger partial charge is 0.264 e. The molecule has 0 aromatic heterocycles. The van der Waals surface area contributed by atoms with E-state index < -0.39 is 28.5 Å². The highest BCUT2D eigenvalue weighted by atomic mass is 35.5. The van der Waals surface area contributed by atoms with Crippen LogP contribution in [-0.4, -0.2) is 43.8 Å². The van der Waals surface area contributed by atoms with Gasteiger partial charge < -0.3 is 10.2 Å². The van der Waals surface area contributed by atoms with Crippen LogP contribution in [0.4, 0.5) is 5.69 Å². The van der Waals surface area contributed by atoms with E-state index in [0.29, 0.717) is 38.3 Å². The molecule has 0 aliphatic rings. The number of halogens is 3. The van der Waals surface area contributed by atoms with Gasteiger partial charge in [-0.1, -0.05) is 66.0 Å². The predicted octanol–water partition coefficient (Wildman–Crippen LogP) is 6.48. The number of sulfonamides is 1. The summed E-state index contributed by atoms with van der Waals surface area (Å²) >= 11 is 18.3. The molecule has 0 aliphatic heterocycles. The molecule has 0 spiro atoms. The highest BCUT2D eigenvalue weighted by Gasteiger charge is 2.34. The lowest BCUT2D eigenvalue weighted by molar-refractivity contribution is -0.140. The Morgan fingerprint density at radius 2 is 1.57 bits per heavy atom. The van der Waals surface area contributed by atoms with Gasteiger partial charge in [-0.25, -0.2) is 8.42 Å². The van der Waals surface area contributed by atoms with E-state index in [0.717, 1.165) is 4.31 Å². The number of carbonyl (C=O) groups excluding carboxylic acids is 2. The first kappa shape index (κ1) is 31.7. The van der Waals surface area contributed by atoms with Gasteiger partial charge in [-0.2, -0.15) is 0 Å². The molecular weight excluding hydrogens is 593 g/mol. The van der Waals surface area contributed by atoms with Crippen LogP contribution in [0.3, 0.4) is 0 Å². The Balaban J connectivity index is 2.09. The highest BCUT2D eigenvalue weighted by Crippen LogP contribution is 2.29. The number of hydrogen-bond acceptors (Lipinski definition) is 4. The predicted molar refractivity (Wildman–Crippen MR) is 162 cm³/mol. The first-order valence-corrected chi connectivity index (χ1v) is 15.3. The molecule has 40 heavy (non-hydrogen) atoms. The van der Waals surface area contributed by atoms with Crippen LogP contribution in [0.2, 0.25) is 15.1 Å². The minimum atomic E-state index is -4.19. The maximum absolute atomic E-state index is 14.1. The molecular formula is C29H32Cl3N3O4S. The van der Waals surface area contributed by atoms with Crippen molar-refractivity contribution in [3.8, 4) is 0 Å². The fraction of sp³-hybridized carbons (Fsp3) is 0.310. The van der Waals surface area contributed by atoms with Crippen molar-refractivity contribution in [3.63, 3.8) is 0 Å². The van der Waals surface area contributed by atoms with E-state index in [9.17, 15) is 18.0 Å². The summed E-state index contributed by atoms with van der Waals surface area (Å²) < 4.78 is 28.9. The number of amides is 2. The van der Waals surface area contributed by atoms with Gasteiger partial charge in [-0.3, -0.25) is 13.9 Å². The van der Waals surface area contributed by atoms with Gasteiger partial charge in [0.25, 0.3) is 10.0 Å². The zero-order valence-corrected chi connectivity index (χ0v) is 25.8. The van der Waals surface area contributed by atoms with Crippen LogP contribution < -0.4 is 9.62 Å². The molecule has 0 bridgehead atoms. The minimum absolute atomic E-state index is 0.0162. The fourth-order valence-corrected chi connectivity index (χ4v) is 6.15. The molecule has 0 fully saturated rings. The number of nitrogens with one attached hydrogen (secondary N) is 1. The number of aryl methyl sites for hydroxylation is 1. The van der Waals surface area contributed by atoms with E-state index in [-0.39, 0.29) is 23.4 Å². The Morgan fingerprint density at radius 3 is 2.15 bits per heavy atom. The first-order chi connectivity index (χ1) is 18.8. The minimum Gasteiger partial charge on any atom is -0.352 e. The Bertz CT molecular complexity index is 1460. The van der Waals surface area contributed by atoms with Gasteiger partial charge >= 0.3 is 0 Å². The van der Waals surface area contributed by atoms with Crippen LogP contribution in [0.5, 0.6) is 0 Å². The topological polar surface area (TPSA) is 86.8 Å². The van der Waals surface area contributed by atoms with Gasteiger partial charge in [0.2, 0.25) is 11.8 Å². The lowest BCUT2D eigenvalue weighted by Gasteiger charge is -2.34. The summed E-state index contributed by atoms with van der Waals surface area (Å²) in [6, 6.07) is 16.6. The van der Waals surface area contributed by atoms with Gasteiger partial charge in [-0.05, 0) is 80.8 Å². The number of nitrogens with zero attached hydrogens (tertiary/aromatic N) is 2. The van der Waals surface area contributed by atoms with Gasteiger partial charge in [0, 0.05) is 17.6 Å². The van der Waals surface area contributed by atoms with E-state index in [1.54, 1.807) is 56.3 Å². The summed E-state index contributed by atoms with van der Waals surface area (Å²) in [5.41, 5.74) is 1.65. The second-order valence-electron chi connectivity index (χ2n) is 9.61. The summed E-state index contributed by atoms with van der Waals surface area (Å²) in [7, 11) is -4.19. The van der Waals surface area contributed by atoms with Crippen molar-refractivity contribution in [2.24, 2.45) is 0 Å². The third-order valence-corrected chi connectivity index (χ3v) is 8.98. The van der Waals surface area contributed by atoms with E-state index in [4.69, 9.17) is 34.8 Å². The first-order valence-electron chi connectivity index (χ1n) is 12.7. The number of hydrogen-bond donors (Lipinski definition) is 1. The molecule has 3 aromatic rings. The standard InChI is InChI=1S/C29H32Cl3N3O4S/c1-5-26(29(37)33-19(2)3)34(17-21-10-15-24(31)25(32)16-21)28(36)18-35(27-9-7-6-8-20(27)4)40(38,39)23-13-11-22(30)12-14-23/h6-16,19,26H,5,17-18H2,1-4H3,(H,33,37)/t26-/m0/s1. The molecule has 2 amide bonds. The van der Waals surface area contributed by atoms with E-state index in [1.165, 1.54) is 29.2 Å². The summed E-state index contributed by atoms with van der Waals surface area (Å²) in [6.07, 6.45) is 0.305. The van der Waals surface area contributed by atoms with Crippen LogP contribution >= 0.6 is 34.8 Å². The number of benzene rings is 3. The normalized spacial score (nSPS) is 12.2. The molecule has 0 aliphatic carbocycles. The Morgan fingerprint density at radius 1 is 0.925 bits per heavy atom. The molecule has 0 saturated heterocycles. The van der Waals surface area contributed by atoms with E-state index in [1.807, 2.05) is 13.8 Å². The van der Waals surface area contributed by atoms with Crippen molar-refractivity contribution in [1.82, 2.24) is 10.2 Å². The summed E-state index contributed by atoms with van der Waals surface area (Å²) in [5.74, 6) is -0.897. The van der Waals surface area contributed by atoms with Crippen molar-refractivity contribution in [2.45, 2.75) is 57.6 Å². The molecule has 1 atom stereocenters. The molecule has 0 unspecified atom stereocenters. The van der Waals surface area contributed by atoms with Crippen molar-refractivity contribution in [3.05, 3.63) is 92.9 Å². The van der Waals surface area contributed by atoms with Crippen molar-refractivity contribution in [2.75, 3.05) is 10.8 Å². The monoisotopic (exact) mass is 623 g/mol. The molecule has 11 heteroatoms. The largest absolute Gasteiger partial charge is 0.352 e. The number of rotatable bonds is 11. The van der Waals surface area contributed by atoms with Gasteiger partial charge in [0.1, 0.15) is 12.6 Å². The zero-order chi connectivity index (χ0) is 29.6. The molecule has 3 rings (SSSR count). The average molecular weight is 625 g/mol. The molecule has 0 heterocycles. The molecule has 3 aromatic carbocycles. The van der Waals surface area contributed by atoms with Crippen LogP contribution in [0, 0.1) is 6.92 Å². The summed E-state index contributed by atoms with van der Waals surface area (Å²) in [6.45, 7) is 6.69. The summed E-state index contributed by atoms with van der Waals surface area (Å²) in [4.78, 5) is 28.7. The average Bonchev–Trinajstić information content (AvgIpc) is 2.89. The van der Waals surface area contributed by atoms with E-state index >= 15 is 0 Å². The third kappa shape index (κ3) is 7.69. The number of carbonyl (C=O) groups is 2. The second kappa shape index (κ2) is 13.7. The van der Waals surface area contributed by atoms with Gasteiger partial charge in [0.15, 0.2) is 0 Å². The third-order valence-electron chi connectivity index (χ3n) is 6.22. The fourth-order valence-electron chi connectivity index (χ4n) is 4.23. The quantitative estimate of drug-likeness (QED) is 0.265. The van der Waals surface area contributed by atoms with Crippen LogP contribution in [0.15, 0.2) is 71.6 Å². The number of anilines is 1. The SMILES string of the molecule is CC[C@@H](C(=O)NC(C)C)N(Cc1ccc(Cl)c(Cl)c1)C(=O)CN(c1ccccc1C)S(=O)(=O)c1ccc(Cl)cc1. The van der Waals surface area contributed by atoms with Gasteiger partial charge in [0.05, 0.1) is 20.6 Å². The Labute approximate surface area is 251 Å².